The van der Waals surface area contributed by atoms with Crippen LogP contribution in [-0.4, -0.2) is 15.5 Å². The number of halogens is 3. The maximum Gasteiger partial charge on any atom is 0.417 e. The van der Waals surface area contributed by atoms with Gasteiger partial charge < -0.3 is 9.88 Å². The minimum absolute atomic E-state index is 0.426. The lowest BCUT2D eigenvalue weighted by atomic mass is 10.0. The number of amides is 1. The molecule has 30 heavy (non-hydrogen) atoms. The Morgan fingerprint density at radius 3 is 2.27 bits per heavy atom. The molecule has 1 atom stereocenters. The van der Waals surface area contributed by atoms with Gasteiger partial charge in [-0.2, -0.15) is 13.2 Å². The maximum absolute atomic E-state index is 13.4. The second-order valence-corrected chi connectivity index (χ2v) is 6.88. The topological polar surface area (TPSA) is 46.9 Å². The smallest absolute Gasteiger partial charge is 0.338 e. The van der Waals surface area contributed by atoms with Crippen molar-refractivity contribution in [3.63, 3.8) is 0 Å². The number of fused-ring (bicyclic) bond motifs is 1. The van der Waals surface area contributed by atoms with Crippen LogP contribution < -0.4 is 5.32 Å². The van der Waals surface area contributed by atoms with Crippen LogP contribution in [0.5, 0.6) is 0 Å². The van der Waals surface area contributed by atoms with Crippen molar-refractivity contribution < 1.29 is 18.0 Å². The number of nitrogens with zero attached hydrogens (tertiary/aromatic N) is 2. The summed E-state index contributed by atoms with van der Waals surface area (Å²) in [6.07, 6.45) is -4.63. The van der Waals surface area contributed by atoms with Gasteiger partial charge in [0.1, 0.15) is 11.9 Å². The summed E-state index contributed by atoms with van der Waals surface area (Å²) in [5.41, 5.74) is 0.914. The van der Waals surface area contributed by atoms with Gasteiger partial charge in [-0.15, -0.1) is 0 Å². The van der Waals surface area contributed by atoms with Crippen molar-refractivity contribution in [1.82, 2.24) is 14.9 Å². The summed E-state index contributed by atoms with van der Waals surface area (Å²) in [4.78, 5) is 17.6. The van der Waals surface area contributed by atoms with E-state index < -0.39 is 29.3 Å². The summed E-state index contributed by atoms with van der Waals surface area (Å²) in [6, 6.07) is 20.6. The van der Waals surface area contributed by atoms with Crippen LogP contribution in [0.15, 0.2) is 78.9 Å². The molecule has 0 saturated carbocycles. The van der Waals surface area contributed by atoms with Crippen molar-refractivity contribution in [2.24, 2.45) is 7.05 Å². The molecule has 1 N–H and O–H groups in total. The molecule has 0 aliphatic rings. The van der Waals surface area contributed by atoms with Crippen molar-refractivity contribution >= 4 is 16.9 Å². The van der Waals surface area contributed by atoms with Crippen molar-refractivity contribution in [3.05, 3.63) is 101 Å². The quantitative estimate of drug-likeness (QED) is 0.509. The average Bonchev–Trinajstić information content (AvgIpc) is 3.08. The second kappa shape index (κ2) is 7.67. The third-order valence-electron chi connectivity index (χ3n) is 4.97. The molecule has 0 fully saturated rings. The summed E-state index contributed by atoms with van der Waals surface area (Å²) in [6.45, 7) is 0. The van der Waals surface area contributed by atoms with Gasteiger partial charge in [0.15, 0.2) is 0 Å². The molecular weight excluding hydrogens is 391 g/mol. The van der Waals surface area contributed by atoms with E-state index in [0.717, 1.165) is 17.1 Å². The number of aryl methyl sites for hydroxylation is 1. The minimum Gasteiger partial charge on any atom is -0.338 e. The summed E-state index contributed by atoms with van der Waals surface area (Å²) >= 11 is 0. The Morgan fingerprint density at radius 1 is 0.933 bits per heavy atom. The fourth-order valence-electron chi connectivity index (χ4n) is 3.50. The Labute approximate surface area is 171 Å². The van der Waals surface area contributed by atoms with Gasteiger partial charge in [0.05, 0.1) is 22.2 Å². The number of carbonyl (C=O) groups excluding carboxylic acids is 1. The number of hydrogen-bond donors (Lipinski definition) is 1. The van der Waals surface area contributed by atoms with E-state index in [4.69, 9.17) is 0 Å². The van der Waals surface area contributed by atoms with Gasteiger partial charge in [-0.25, -0.2) is 4.98 Å². The molecule has 4 aromatic rings. The van der Waals surface area contributed by atoms with Crippen molar-refractivity contribution in [1.29, 1.82) is 0 Å². The molecule has 1 heterocycles. The van der Waals surface area contributed by atoms with Crippen LogP contribution >= 0.6 is 0 Å². The Bertz CT molecular complexity index is 1200. The van der Waals surface area contributed by atoms with Crippen LogP contribution in [0.1, 0.15) is 33.4 Å². The van der Waals surface area contributed by atoms with Crippen LogP contribution in [0.4, 0.5) is 13.2 Å². The highest BCUT2D eigenvalue weighted by atomic mass is 19.4. The van der Waals surface area contributed by atoms with Crippen LogP contribution in [0.2, 0.25) is 0 Å². The van der Waals surface area contributed by atoms with E-state index in [1.807, 2.05) is 41.9 Å². The third kappa shape index (κ3) is 3.66. The van der Waals surface area contributed by atoms with Crippen LogP contribution in [-0.2, 0) is 13.2 Å². The predicted molar refractivity (Wildman–Crippen MR) is 108 cm³/mol. The predicted octanol–water partition coefficient (Wildman–Crippen LogP) is 5.11. The minimum atomic E-state index is -4.63. The van der Waals surface area contributed by atoms with Gasteiger partial charge in [0.2, 0.25) is 0 Å². The first kappa shape index (κ1) is 19.7. The molecule has 0 aliphatic heterocycles. The molecule has 1 amide bonds. The fraction of sp³-hybridized carbons (Fsp3) is 0.130. The fourth-order valence-corrected chi connectivity index (χ4v) is 3.50. The molecule has 0 aliphatic carbocycles. The lowest BCUT2D eigenvalue weighted by molar-refractivity contribution is -0.137. The SMILES string of the molecule is Cn1c(C(NC(=O)c2ccccc2C(F)(F)F)c2ccccc2)nc2ccccc21. The van der Waals surface area contributed by atoms with Gasteiger partial charge in [-0.3, -0.25) is 4.79 Å². The van der Waals surface area contributed by atoms with Gasteiger partial charge >= 0.3 is 6.18 Å². The lowest BCUT2D eigenvalue weighted by Gasteiger charge is -2.20. The Hall–Kier alpha value is -3.61. The molecule has 4 rings (SSSR count). The zero-order valence-electron chi connectivity index (χ0n) is 16.0. The monoisotopic (exact) mass is 409 g/mol. The first-order chi connectivity index (χ1) is 14.4. The lowest BCUT2D eigenvalue weighted by Crippen LogP contribution is -2.32. The largest absolute Gasteiger partial charge is 0.417 e. The van der Waals surface area contributed by atoms with Crippen molar-refractivity contribution in [2.45, 2.75) is 12.2 Å². The number of benzene rings is 3. The molecule has 0 saturated heterocycles. The van der Waals surface area contributed by atoms with E-state index >= 15 is 0 Å². The van der Waals surface area contributed by atoms with E-state index in [1.165, 1.54) is 18.2 Å². The zero-order valence-corrected chi connectivity index (χ0v) is 16.0. The van der Waals surface area contributed by atoms with Gasteiger partial charge in [0.25, 0.3) is 5.91 Å². The number of hydrogen-bond acceptors (Lipinski definition) is 2. The Kier molecular flexibility index (Phi) is 5.03. The molecule has 0 spiro atoms. The van der Waals surface area contributed by atoms with Gasteiger partial charge in [-0.1, -0.05) is 54.6 Å². The highest BCUT2D eigenvalue weighted by Gasteiger charge is 2.35. The summed E-state index contributed by atoms with van der Waals surface area (Å²) in [7, 11) is 1.82. The van der Waals surface area contributed by atoms with E-state index in [9.17, 15) is 18.0 Å². The van der Waals surface area contributed by atoms with E-state index in [1.54, 1.807) is 24.3 Å². The highest BCUT2D eigenvalue weighted by molar-refractivity contribution is 5.96. The first-order valence-electron chi connectivity index (χ1n) is 9.29. The van der Waals surface area contributed by atoms with Gasteiger partial charge in [-0.05, 0) is 29.8 Å². The van der Waals surface area contributed by atoms with Crippen molar-refractivity contribution in [3.8, 4) is 0 Å². The van der Waals surface area contributed by atoms with E-state index in [0.29, 0.717) is 11.4 Å². The third-order valence-corrected chi connectivity index (χ3v) is 4.97. The molecule has 4 nitrogen and oxygen atoms in total. The first-order valence-corrected chi connectivity index (χ1v) is 9.29. The van der Waals surface area contributed by atoms with Crippen LogP contribution in [0.3, 0.4) is 0 Å². The van der Waals surface area contributed by atoms with Crippen LogP contribution in [0, 0.1) is 0 Å². The number of nitrogens with one attached hydrogen (secondary N) is 1. The summed E-state index contributed by atoms with van der Waals surface area (Å²) in [5, 5.41) is 2.76. The molecule has 0 radical (unpaired) electrons. The number of rotatable bonds is 4. The standard InChI is InChI=1S/C23H18F3N3O/c1-29-19-14-8-7-13-18(19)27-21(29)20(15-9-3-2-4-10-15)28-22(30)16-11-5-6-12-17(16)23(24,25)26/h2-14,20H,1H3,(H,28,30). The Balaban J connectivity index is 1.79. The molecule has 3 aromatic carbocycles. The molecular formula is C23H18F3N3O. The molecule has 7 heteroatoms. The highest BCUT2D eigenvalue weighted by Crippen LogP contribution is 2.32. The van der Waals surface area contributed by atoms with E-state index in [-0.39, 0.29) is 0 Å². The normalized spacial score (nSPS) is 12.7. The maximum atomic E-state index is 13.4. The average molecular weight is 409 g/mol. The number of carbonyl (C=O) groups is 1. The molecule has 152 valence electrons. The number of aromatic nitrogens is 2. The number of imidazole rings is 1. The van der Waals surface area contributed by atoms with Crippen LogP contribution in [0.25, 0.3) is 11.0 Å². The molecule has 1 unspecified atom stereocenters. The van der Waals surface area contributed by atoms with Gasteiger partial charge in [0, 0.05) is 7.05 Å². The van der Waals surface area contributed by atoms with Crippen molar-refractivity contribution in [2.75, 3.05) is 0 Å². The summed E-state index contributed by atoms with van der Waals surface area (Å²) < 4.78 is 42.0. The number of para-hydroxylation sites is 2. The van der Waals surface area contributed by atoms with E-state index in [2.05, 4.69) is 10.3 Å². The molecule has 0 bridgehead atoms. The zero-order chi connectivity index (χ0) is 21.3. The molecule has 1 aromatic heterocycles. The Morgan fingerprint density at radius 2 is 1.57 bits per heavy atom. The summed E-state index contributed by atoms with van der Waals surface area (Å²) in [5.74, 6) is -0.288. The second-order valence-electron chi connectivity index (χ2n) is 6.88. The number of alkyl halides is 3.